The summed E-state index contributed by atoms with van der Waals surface area (Å²) in [5.74, 6) is -0.352. The lowest BCUT2D eigenvalue weighted by molar-refractivity contribution is 0.0892. The van der Waals surface area contributed by atoms with Gasteiger partial charge in [-0.3, -0.25) is 14.3 Å². The highest BCUT2D eigenvalue weighted by Gasteiger charge is 2.22. The third-order valence-electron chi connectivity index (χ3n) is 3.10. The minimum absolute atomic E-state index is 0.105. The summed E-state index contributed by atoms with van der Waals surface area (Å²) in [6.07, 6.45) is 2.94. The van der Waals surface area contributed by atoms with E-state index < -0.39 is 0 Å². The zero-order chi connectivity index (χ0) is 15.6. The molecule has 0 saturated heterocycles. The topological polar surface area (TPSA) is 77.1 Å². The van der Waals surface area contributed by atoms with Crippen LogP contribution in [0.1, 0.15) is 47.4 Å². The highest BCUT2D eigenvalue weighted by atomic mass is 16.3. The lowest BCUT2D eigenvalue weighted by Crippen LogP contribution is -2.30. The number of ketones is 1. The first kappa shape index (κ1) is 15.0. The molecule has 0 aliphatic rings. The number of hydrogen-bond donors (Lipinski definition) is 1. The van der Waals surface area contributed by atoms with Crippen molar-refractivity contribution >= 4 is 11.7 Å². The Morgan fingerprint density at radius 3 is 2.62 bits per heavy atom. The van der Waals surface area contributed by atoms with Crippen LogP contribution in [0.5, 0.6) is 0 Å². The van der Waals surface area contributed by atoms with Crippen LogP contribution in [0.2, 0.25) is 0 Å². The van der Waals surface area contributed by atoms with Crippen LogP contribution < -0.4 is 5.32 Å². The smallest absolute Gasteiger partial charge is 0.255 e. The standard InChI is InChI=1S/C15H19N3O3/c1-10-11(8-17-18(10)15(2,3)4)14(20)16-9-12(19)13-6-5-7-21-13/h5-8H,9H2,1-4H3,(H,16,20). The van der Waals surface area contributed by atoms with Crippen molar-refractivity contribution in [2.75, 3.05) is 6.54 Å². The third-order valence-corrected chi connectivity index (χ3v) is 3.10. The van der Waals surface area contributed by atoms with Gasteiger partial charge >= 0.3 is 0 Å². The third kappa shape index (κ3) is 3.21. The fourth-order valence-corrected chi connectivity index (χ4v) is 2.09. The van der Waals surface area contributed by atoms with Crippen LogP contribution in [-0.2, 0) is 5.54 Å². The van der Waals surface area contributed by atoms with Crippen LogP contribution in [-0.4, -0.2) is 28.0 Å². The molecule has 6 heteroatoms. The molecule has 0 bridgehead atoms. The second kappa shape index (κ2) is 5.55. The number of nitrogens with zero attached hydrogens (tertiary/aromatic N) is 2. The summed E-state index contributed by atoms with van der Waals surface area (Å²) >= 11 is 0. The molecule has 0 spiro atoms. The number of Topliss-reactive ketones (excluding diaryl/α,β-unsaturated/α-hetero) is 1. The van der Waals surface area contributed by atoms with Crippen LogP contribution in [0.3, 0.4) is 0 Å². The van der Waals surface area contributed by atoms with E-state index in [1.165, 1.54) is 12.5 Å². The highest BCUT2D eigenvalue weighted by molar-refractivity contribution is 6.01. The summed E-state index contributed by atoms with van der Waals surface area (Å²) in [6.45, 7) is 7.76. The number of amides is 1. The quantitative estimate of drug-likeness (QED) is 0.875. The van der Waals surface area contributed by atoms with Gasteiger partial charge in [-0.05, 0) is 39.8 Å². The molecule has 0 unspecified atom stereocenters. The van der Waals surface area contributed by atoms with E-state index in [-0.39, 0.29) is 29.5 Å². The predicted molar refractivity (Wildman–Crippen MR) is 77.3 cm³/mol. The van der Waals surface area contributed by atoms with Crippen molar-refractivity contribution in [3.63, 3.8) is 0 Å². The molecule has 0 atom stereocenters. The fraction of sp³-hybridized carbons (Fsp3) is 0.400. The monoisotopic (exact) mass is 289 g/mol. The number of furan rings is 1. The Bertz CT molecular complexity index is 648. The Morgan fingerprint density at radius 2 is 2.10 bits per heavy atom. The van der Waals surface area contributed by atoms with Crippen molar-refractivity contribution in [1.29, 1.82) is 0 Å². The van der Waals surface area contributed by atoms with Gasteiger partial charge in [0.25, 0.3) is 5.91 Å². The van der Waals surface area contributed by atoms with Crippen molar-refractivity contribution in [2.45, 2.75) is 33.2 Å². The molecule has 0 aliphatic heterocycles. The first-order valence-electron chi connectivity index (χ1n) is 6.70. The molecule has 0 aromatic carbocycles. The van der Waals surface area contributed by atoms with Crippen molar-refractivity contribution in [3.05, 3.63) is 41.6 Å². The molecule has 112 valence electrons. The number of aromatic nitrogens is 2. The summed E-state index contributed by atoms with van der Waals surface area (Å²) < 4.78 is 6.78. The summed E-state index contributed by atoms with van der Waals surface area (Å²) in [5.41, 5.74) is 1.04. The number of carbonyl (C=O) groups is 2. The van der Waals surface area contributed by atoms with Crippen LogP contribution in [0.25, 0.3) is 0 Å². The number of carbonyl (C=O) groups excluding carboxylic acids is 2. The molecular formula is C15H19N3O3. The molecule has 21 heavy (non-hydrogen) atoms. The molecule has 2 aromatic rings. The second-order valence-electron chi connectivity index (χ2n) is 5.81. The average Bonchev–Trinajstić information content (AvgIpc) is 3.03. The SMILES string of the molecule is Cc1c(C(=O)NCC(=O)c2ccco2)cnn1C(C)(C)C. The van der Waals surface area contributed by atoms with Gasteiger partial charge in [0.1, 0.15) is 0 Å². The second-order valence-corrected chi connectivity index (χ2v) is 5.81. The summed E-state index contributed by atoms with van der Waals surface area (Å²) in [6, 6.07) is 3.20. The first-order chi connectivity index (χ1) is 9.80. The molecule has 6 nitrogen and oxygen atoms in total. The molecule has 0 fully saturated rings. The lowest BCUT2D eigenvalue weighted by atomic mass is 10.1. The van der Waals surface area contributed by atoms with E-state index in [0.717, 1.165) is 5.69 Å². The van der Waals surface area contributed by atoms with Crippen LogP contribution in [0.15, 0.2) is 29.0 Å². The van der Waals surface area contributed by atoms with Gasteiger partial charge < -0.3 is 9.73 Å². The van der Waals surface area contributed by atoms with Crippen LogP contribution in [0.4, 0.5) is 0 Å². The van der Waals surface area contributed by atoms with Gasteiger partial charge in [0.05, 0.1) is 30.1 Å². The van der Waals surface area contributed by atoms with E-state index in [9.17, 15) is 9.59 Å². The molecule has 0 aliphatic carbocycles. The van der Waals surface area contributed by atoms with E-state index in [4.69, 9.17) is 4.42 Å². The van der Waals surface area contributed by atoms with Crippen molar-refractivity contribution in [2.24, 2.45) is 0 Å². The average molecular weight is 289 g/mol. The van der Waals surface area contributed by atoms with E-state index in [1.54, 1.807) is 16.8 Å². The maximum Gasteiger partial charge on any atom is 0.255 e. The Kier molecular flexibility index (Phi) is 3.97. The Labute approximate surface area is 123 Å². The number of rotatable bonds is 4. The fourth-order valence-electron chi connectivity index (χ4n) is 2.09. The van der Waals surface area contributed by atoms with E-state index >= 15 is 0 Å². The van der Waals surface area contributed by atoms with Gasteiger partial charge in [0.2, 0.25) is 5.78 Å². The zero-order valence-corrected chi connectivity index (χ0v) is 12.6. The minimum Gasteiger partial charge on any atom is -0.461 e. The van der Waals surface area contributed by atoms with Gasteiger partial charge in [-0.2, -0.15) is 5.10 Å². The highest BCUT2D eigenvalue weighted by Crippen LogP contribution is 2.18. The molecule has 1 amide bonds. The van der Waals surface area contributed by atoms with Gasteiger partial charge in [-0.1, -0.05) is 0 Å². The van der Waals surface area contributed by atoms with Gasteiger partial charge in [0.15, 0.2) is 5.76 Å². The first-order valence-corrected chi connectivity index (χ1v) is 6.70. The van der Waals surface area contributed by atoms with Crippen LogP contribution in [0, 0.1) is 6.92 Å². The largest absolute Gasteiger partial charge is 0.461 e. The summed E-state index contributed by atoms with van der Waals surface area (Å²) in [5, 5.41) is 6.83. The van der Waals surface area contributed by atoms with Gasteiger partial charge in [0, 0.05) is 5.69 Å². The normalized spacial score (nSPS) is 11.4. The van der Waals surface area contributed by atoms with Gasteiger partial charge in [-0.15, -0.1) is 0 Å². The van der Waals surface area contributed by atoms with Crippen molar-refractivity contribution in [1.82, 2.24) is 15.1 Å². The van der Waals surface area contributed by atoms with Crippen LogP contribution >= 0.6 is 0 Å². The predicted octanol–water partition coefficient (Wildman–Crippen LogP) is 2.15. The Morgan fingerprint density at radius 1 is 1.38 bits per heavy atom. The van der Waals surface area contributed by atoms with E-state index in [0.29, 0.717) is 5.56 Å². The molecule has 1 N–H and O–H groups in total. The zero-order valence-electron chi connectivity index (χ0n) is 12.6. The van der Waals surface area contributed by atoms with Crippen molar-refractivity contribution in [3.8, 4) is 0 Å². The molecular weight excluding hydrogens is 270 g/mol. The number of hydrogen-bond acceptors (Lipinski definition) is 4. The molecule has 0 radical (unpaired) electrons. The van der Waals surface area contributed by atoms with E-state index in [2.05, 4.69) is 10.4 Å². The maximum atomic E-state index is 12.1. The van der Waals surface area contributed by atoms with E-state index in [1.807, 2.05) is 27.7 Å². The van der Waals surface area contributed by atoms with Gasteiger partial charge in [-0.25, -0.2) is 0 Å². The maximum absolute atomic E-state index is 12.1. The molecule has 2 heterocycles. The molecule has 2 rings (SSSR count). The molecule has 0 saturated carbocycles. The number of nitrogens with one attached hydrogen (secondary N) is 1. The molecule has 2 aromatic heterocycles. The Balaban J connectivity index is 2.05. The van der Waals surface area contributed by atoms with Crippen molar-refractivity contribution < 1.29 is 14.0 Å². The summed E-state index contributed by atoms with van der Waals surface area (Å²) in [7, 11) is 0. The Hall–Kier alpha value is -2.37. The lowest BCUT2D eigenvalue weighted by Gasteiger charge is -2.21. The minimum atomic E-state index is -0.317. The summed E-state index contributed by atoms with van der Waals surface area (Å²) in [4.78, 5) is 23.9.